The fourth-order valence-electron chi connectivity index (χ4n) is 1.09. The summed E-state index contributed by atoms with van der Waals surface area (Å²) in [6.07, 6.45) is 1.03. The summed E-state index contributed by atoms with van der Waals surface area (Å²) in [7, 11) is 0. The molecule has 0 radical (unpaired) electrons. The van der Waals surface area contributed by atoms with Crippen LogP contribution in [-0.2, 0) is 0 Å². The first kappa shape index (κ1) is 7.91. The molecule has 0 aliphatic carbocycles. The highest BCUT2D eigenvalue weighted by molar-refractivity contribution is 5.76. The molecular formula is C9H4F2O2. The average molecular weight is 182 g/mol. The van der Waals surface area contributed by atoms with Crippen molar-refractivity contribution < 1.29 is 13.2 Å². The zero-order chi connectivity index (χ0) is 9.42. The lowest BCUT2D eigenvalue weighted by Crippen LogP contribution is -2.00. The minimum atomic E-state index is -1.13. The van der Waals surface area contributed by atoms with Crippen molar-refractivity contribution in [1.29, 1.82) is 0 Å². The standard InChI is InChI=1S/C9H4F2O2/c10-6-2-1-5-7(12)3-4-13-9(5)8(6)11/h1-4H. The van der Waals surface area contributed by atoms with Crippen LogP contribution in [0.4, 0.5) is 8.78 Å². The van der Waals surface area contributed by atoms with E-state index in [2.05, 4.69) is 4.42 Å². The molecule has 0 unspecified atom stereocenters. The van der Waals surface area contributed by atoms with E-state index >= 15 is 0 Å². The van der Waals surface area contributed by atoms with Gasteiger partial charge in [0.15, 0.2) is 16.8 Å². The van der Waals surface area contributed by atoms with Gasteiger partial charge in [-0.1, -0.05) is 0 Å². The molecule has 66 valence electrons. The monoisotopic (exact) mass is 182 g/mol. The van der Waals surface area contributed by atoms with Crippen LogP contribution in [0.5, 0.6) is 0 Å². The van der Waals surface area contributed by atoms with Crippen molar-refractivity contribution in [2.75, 3.05) is 0 Å². The van der Waals surface area contributed by atoms with Crippen molar-refractivity contribution in [3.05, 3.63) is 46.3 Å². The molecule has 0 fully saturated rings. The van der Waals surface area contributed by atoms with E-state index in [0.29, 0.717) is 0 Å². The van der Waals surface area contributed by atoms with E-state index in [1.54, 1.807) is 0 Å². The molecule has 2 rings (SSSR count). The minimum absolute atomic E-state index is 0.0430. The normalized spacial score (nSPS) is 10.6. The molecule has 13 heavy (non-hydrogen) atoms. The van der Waals surface area contributed by atoms with Crippen molar-refractivity contribution in [3.63, 3.8) is 0 Å². The Labute approximate surface area is 71.4 Å². The number of fused-ring (bicyclic) bond motifs is 1. The Hall–Kier alpha value is -1.71. The maximum absolute atomic E-state index is 13.0. The molecule has 0 bridgehead atoms. The van der Waals surface area contributed by atoms with E-state index in [1.807, 2.05) is 0 Å². The zero-order valence-corrected chi connectivity index (χ0v) is 6.38. The summed E-state index contributed by atoms with van der Waals surface area (Å²) >= 11 is 0. The molecular weight excluding hydrogens is 178 g/mol. The van der Waals surface area contributed by atoms with Crippen molar-refractivity contribution in [1.82, 2.24) is 0 Å². The van der Waals surface area contributed by atoms with Gasteiger partial charge in [-0.2, -0.15) is 4.39 Å². The predicted molar refractivity (Wildman–Crippen MR) is 42.4 cm³/mol. The van der Waals surface area contributed by atoms with Gasteiger partial charge < -0.3 is 4.42 Å². The molecule has 0 aliphatic rings. The summed E-state index contributed by atoms with van der Waals surface area (Å²) in [6, 6.07) is 3.24. The van der Waals surface area contributed by atoms with Crippen LogP contribution in [0.25, 0.3) is 11.0 Å². The van der Waals surface area contributed by atoms with E-state index in [9.17, 15) is 13.6 Å². The Morgan fingerprint density at radius 1 is 1.15 bits per heavy atom. The SMILES string of the molecule is O=c1ccoc2c(F)c(F)ccc12. The third kappa shape index (κ3) is 1.11. The number of hydrogen-bond donors (Lipinski definition) is 0. The van der Waals surface area contributed by atoms with Gasteiger partial charge in [-0.3, -0.25) is 4.79 Å². The summed E-state index contributed by atoms with van der Waals surface area (Å²) in [4.78, 5) is 11.1. The Balaban J connectivity index is 3.03. The first-order valence-electron chi connectivity index (χ1n) is 3.55. The second-order valence-electron chi connectivity index (χ2n) is 2.52. The molecule has 2 aromatic rings. The molecule has 0 aliphatic heterocycles. The van der Waals surface area contributed by atoms with Crippen LogP contribution in [0.1, 0.15) is 0 Å². The van der Waals surface area contributed by atoms with Crippen LogP contribution >= 0.6 is 0 Å². The van der Waals surface area contributed by atoms with Crippen LogP contribution in [0.15, 0.2) is 33.7 Å². The topological polar surface area (TPSA) is 30.2 Å². The van der Waals surface area contributed by atoms with Crippen LogP contribution in [-0.4, -0.2) is 0 Å². The Morgan fingerprint density at radius 2 is 1.92 bits per heavy atom. The first-order chi connectivity index (χ1) is 6.20. The van der Waals surface area contributed by atoms with Crippen LogP contribution in [0.3, 0.4) is 0 Å². The lowest BCUT2D eigenvalue weighted by atomic mass is 10.2. The van der Waals surface area contributed by atoms with Gasteiger partial charge in [0.2, 0.25) is 5.82 Å². The van der Waals surface area contributed by atoms with E-state index in [1.165, 1.54) is 6.07 Å². The third-order valence-electron chi connectivity index (χ3n) is 1.72. The summed E-state index contributed by atoms with van der Waals surface area (Å²) in [5, 5.41) is 0.0430. The summed E-state index contributed by atoms with van der Waals surface area (Å²) in [6.45, 7) is 0. The number of benzene rings is 1. The number of rotatable bonds is 0. The fourth-order valence-corrected chi connectivity index (χ4v) is 1.09. The Morgan fingerprint density at radius 3 is 2.69 bits per heavy atom. The molecule has 0 saturated carbocycles. The Bertz CT molecular complexity index is 516. The molecule has 0 atom stereocenters. The van der Waals surface area contributed by atoms with E-state index < -0.39 is 11.6 Å². The highest BCUT2D eigenvalue weighted by Gasteiger charge is 2.10. The second-order valence-corrected chi connectivity index (χ2v) is 2.52. The molecule has 0 N–H and O–H groups in total. The maximum atomic E-state index is 13.0. The minimum Gasteiger partial charge on any atom is -0.461 e. The maximum Gasteiger partial charge on any atom is 0.201 e. The van der Waals surface area contributed by atoms with Gasteiger partial charge in [0.25, 0.3) is 0 Å². The van der Waals surface area contributed by atoms with Gasteiger partial charge in [-0.05, 0) is 12.1 Å². The van der Waals surface area contributed by atoms with Gasteiger partial charge >= 0.3 is 0 Å². The van der Waals surface area contributed by atoms with E-state index in [-0.39, 0.29) is 16.4 Å². The highest BCUT2D eigenvalue weighted by atomic mass is 19.2. The van der Waals surface area contributed by atoms with Crippen LogP contribution < -0.4 is 5.43 Å². The van der Waals surface area contributed by atoms with Crippen LogP contribution in [0, 0.1) is 11.6 Å². The summed E-state index contributed by atoms with van der Waals surface area (Å²) in [5.41, 5.74) is -0.729. The zero-order valence-electron chi connectivity index (χ0n) is 6.38. The number of halogens is 2. The van der Waals surface area contributed by atoms with Gasteiger partial charge in [-0.25, -0.2) is 4.39 Å². The number of hydrogen-bond acceptors (Lipinski definition) is 2. The fraction of sp³-hybridized carbons (Fsp3) is 0. The summed E-state index contributed by atoms with van der Waals surface area (Å²) < 4.78 is 30.3. The van der Waals surface area contributed by atoms with Crippen molar-refractivity contribution in [2.24, 2.45) is 0 Å². The molecule has 1 aromatic carbocycles. The molecule has 0 saturated heterocycles. The van der Waals surface area contributed by atoms with Crippen molar-refractivity contribution >= 4 is 11.0 Å². The summed E-state index contributed by atoms with van der Waals surface area (Å²) in [5.74, 6) is -2.16. The molecule has 0 amide bonds. The average Bonchev–Trinajstić information content (AvgIpc) is 2.12. The molecule has 0 spiro atoms. The van der Waals surface area contributed by atoms with E-state index in [0.717, 1.165) is 18.4 Å². The quantitative estimate of drug-likeness (QED) is 0.624. The largest absolute Gasteiger partial charge is 0.461 e. The second kappa shape index (κ2) is 2.65. The van der Waals surface area contributed by atoms with Gasteiger partial charge in [-0.15, -0.1) is 0 Å². The van der Waals surface area contributed by atoms with Crippen molar-refractivity contribution in [2.45, 2.75) is 0 Å². The molecule has 1 heterocycles. The van der Waals surface area contributed by atoms with Crippen LogP contribution in [0.2, 0.25) is 0 Å². The third-order valence-corrected chi connectivity index (χ3v) is 1.72. The lowest BCUT2D eigenvalue weighted by molar-refractivity contribution is 0.487. The first-order valence-corrected chi connectivity index (χ1v) is 3.55. The smallest absolute Gasteiger partial charge is 0.201 e. The molecule has 1 aromatic heterocycles. The van der Waals surface area contributed by atoms with Gasteiger partial charge in [0, 0.05) is 6.07 Å². The molecule has 4 heteroatoms. The van der Waals surface area contributed by atoms with Gasteiger partial charge in [0.1, 0.15) is 0 Å². The molecule has 2 nitrogen and oxygen atoms in total. The predicted octanol–water partition coefficient (Wildman–Crippen LogP) is 2.07. The highest BCUT2D eigenvalue weighted by Crippen LogP contribution is 2.16. The van der Waals surface area contributed by atoms with E-state index in [4.69, 9.17) is 0 Å². The lowest BCUT2D eigenvalue weighted by Gasteiger charge is -1.96. The van der Waals surface area contributed by atoms with Gasteiger partial charge in [0.05, 0.1) is 11.6 Å². The Kier molecular flexibility index (Phi) is 1.62. The van der Waals surface area contributed by atoms with Crippen molar-refractivity contribution in [3.8, 4) is 0 Å².